The van der Waals surface area contributed by atoms with Gasteiger partial charge >= 0.3 is 0 Å². The van der Waals surface area contributed by atoms with Crippen LogP contribution in [0.2, 0.25) is 5.02 Å². The van der Waals surface area contributed by atoms with Crippen LogP contribution in [0, 0.1) is 0 Å². The standard InChI is InChI=1S/C13H20ClNO3S/c1-4-6-9-15(3)19(16,17)11-7-8-13(18-5-2)12(14)10-11/h7-8,10H,4-6,9H2,1-3H3. The molecule has 0 spiro atoms. The molecule has 0 bridgehead atoms. The first-order valence-electron chi connectivity index (χ1n) is 6.32. The Labute approximate surface area is 120 Å². The molecule has 0 aliphatic carbocycles. The summed E-state index contributed by atoms with van der Waals surface area (Å²) >= 11 is 6.02. The van der Waals surface area contributed by atoms with Gasteiger partial charge in [0.1, 0.15) is 5.75 Å². The molecular weight excluding hydrogens is 286 g/mol. The molecule has 0 fully saturated rings. The largest absolute Gasteiger partial charge is 0.492 e. The zero-order valence-corrected chi connectivity index (χ0v) is 13.1. The van der Waals surface area contributed by atoms with E-state index in [0.29, 0.717) is 23.9 Å². The van der Waals surface area contributed by atoms with Gasteiger partial charge in [-0.15, -0.1) is 0 Å². The molecule has 0 saturated heterocycles. The summed E-state index contributed by atoms with van der Waals surface area (Å²) in [4.78, 5) is 0.194. The van der Waals surface area contributed by atoms with Crippen molar-refractivity contribution >= 4 is 21.6 Å². The highest BCUT2D eigenvalue weighted by Gasteiger charge is 2.21. The smallest absolute Gasteiger partial charge is 0.242 e. The summed E-state index contributed by atoms with van der Waals surface area (Å²) in [5.74, 6) is 0.499. The second-order valence-electron chi connectivity index (χ2n) is 4.21. The molecule has 0 heterocycles. The van der Waals surface area contributed by atoms with Gasteiger partial charge in [-0.2, -0.15) is 0 Å². The lowest BCUT2D eigenvalue weighted by Gasteiger charge is -2.17. The minimum Gasteiger partial charge on any atom is -0.492 e. The van der Waals surface area contributed by atoms with Crippen molar-refractivity contribution in [2.75, 3.05) is 20.2 Å². The van der Waals surface area contributed by atoms with Crippen molar-refractivity contribution in [3.05, 3.63) is 23.2 Å². The molecule has 1 aromatic carbocycles. The van der Waals surface area contributed by atoms with Gasteiger partial charge < -0.3 is 4.74 Å². The van der Waals surface area contributed by atoms with Gasteiger partial charge in [0, 0.05) is 13.6 Å². The van der Waals surface area contributed by atoms with E-state index in [9.17, 15) is 8.42 Å². The first kappa shape index (κ1) is 16.3. The zero-order chi connectivity index (χ0) is 14.5. The summed E-state index contributed by atoms with van der Waals surface area (Å²) in [6.07, 6.45) is 1.78. The van der Waals surface area contributed by atoms with E-state index in [0.717, 1.165) is 12.8 Å². The Morgan fingerprint density at radius 3 is 2.53 bits per heavy atom. The molecule has 0 aromatic heterocycles. The van der Waals surface area contributed by atoms with E-state index >= 15 is 0 Å². The molecule has 0 N–H and O–H groups in total. The van der Waals surface area contributed by atoms with Gasteiger partial charge in [0.25, 0.3) is 0 Å². The Kier molecular flexibility index (Phi) is 6.10. The highest BCUT2D eigenvalue weighted by Crippen LogP contribution is 2.28. The number of unbranched alkanes of at least 4 members (excludes halogenated alkanes) is 1. The van der Waals surface area contributed by atoms with Gasteiger partial charge in [-0.25, -0.2) is 12.7 Å². The number of halogens is 1. The molecule has 0 radical (unpaired) electrons. The van der Waals surface area contributed by atoms with Crippen molar-refractivity contribution in [1.82, 2.24) is 4.31 Å². The highest BCUT2D eigenvalue weighted by atomic mass is 35.5. The molecule has 1 rings (SSSR count). The lowest BCUT2D eigenvalue weighted by atomic mass is 10.3. The number of benzene rings is 1. The van der Waals surface area contributed by atoms with Gasteiger partial charge in [0.05, 0.1) is 16.5 Å². The Bertz CT molecular complexity index is 517. The van der Waals surface area contributed by atoms with Crippen molar-refractivity contribution in [3.8, 4) is 5.75 Å². The minimum atomic E-state index is -3.47. The fourth-order valence-electron chi connectivity index (χ4n) is 1.60. The van der Waals surface area contributed by atoms with Crippen molar-refractivity contribution in [3.63, 3.8) is 0 Å². The molecule has 0 aliphatic rings. The van der Waals surface area contributed by atoms with E-state index in [1.54, 1.807) is 13.1 Å². The number of hydrogen-bond donors (Lipinski definition) is 0. The van der Waals surface area contributed by atoms with E-state index < -0.39 is 10.0 Å². The second kappa shape index (κ2) is 7.12. The lowest BCUT2D eigenvalue weighted by molar-refractivity contribution is 0.340. The van der Waals surface area contributed by atoms with Crippen molar-refractivity contribution in [2.24, 2.45) is 0 Å². The van der Waals surface area contributed by atoms with E-state index in [1.165, 1.54) is 16.4 Å². The quantitative estimate of drug-likeness (QED) is 0.777. The first-order chi connectivity index (χ1) is 8.93. The maximum absolute atomic E-state index is 12.3. The number of hydrogen-bond acceptors (Lipinski definition) is 3. The molecule has 0 atom stereocenters. The average molecular weight is 306 g/mol. The van der Waals surface area contributed by atoms with Crippen LogP contribution >= 0.6 is 11.6 Å². The monoisotopic (exact) mass is 305 g/mol. The second-order valence-corrected chi connectivity index (χ2v) is 6.66. The van der Waals surface area contributed by atoms with Crippen LogP contribution < -0.4 is 4.74 Å². The van der Waals surface area contributed by atoms with Crippen LogP contribution in [0.5, 0.6) is 5.75 Å². The summed E-state index contributed by atoms with van der Waals surface area (Å²) in [6, 6.07) is 4.55. The summed E-state index contributed by atoms with van der Waals surface area (Å²) in [5, 5.41) is 0.312. The van der Waals surface area contributed by atoms with Crippen molar-refractivity contribution < 1.29 is 13.2 Å². The normalized spacial score (nSPS) is 11.8. The van der Waals surface area contributed by atoms with Crippen LogP contribution in [0.25, 0.3) is 0 Å². The number of nitrogens with zero attached hydrogens (tertiary/aromatic N) is 1. The molecule has 0 unspecified atom stereocenters. The zero-order valence-electron chi connectivity index (χ0n) is 11.5. The topological polar surface area (TPSA) is 46.6 Å². The van der Waals surface area contributed by atoms with Gasteiger partial charge in [0.15, 0.2) is 0 Å². The molecule has 4 nitrogen and oxygen atoms in total. The van der Waals surface area contributed by atoms with E-state index in [-0.39, 0.29) is 4.90 Å². The van der Waals surface area contributed by atoms with Crippen LogP contribution in [0.4, 0.5) is 0 Å². The molecule has 0 aliphatic heterocycles. The predicted molar refractivity (Wildman–Crippen MR) is 77.3 cm³/mol. The third-order valence-electron chi connectivity index (χ3n) is 2.74. The van der Waals surface area contributed by atoms with Crippen LogP contribution in [-0.2, 0) is 10.0 Å². The molecule has 19 heavy (non-hydrogen) atoms. The molecule has 6 heteroatoms. The summed E-state index contributed by atoms with van der Waals surface area (Å²) in [6.45, 7) is 4.86. The fourth-order valence-corrected chi connectivity index (χ4v) is 3.13. The Balaban J connectivity index is 2.99. The third kappa shape index (κ3) is 4.09. The molecule has 0 saturated carbocycles. The van der Waals surface area contributed by atoms with Crippen LogP contribution in [-0.4, -0.2) is 32.9 Å². The van der Waals surface area contributed by atoms with Gasteiger partial charge in [-0.3, -0.25) is 0 Å². The first-order valence-corrected chi connectivity index (χ1v) is 8.14. The maximum atomic E-state index is 12.3. The van der Waals surface area contributed by atoms with Crippen LogP contribution in [0.1, 0.15) is 26.7 Å². The van der Waals surface area contributed by atoms with Crippen LogP contribution in [0.3, 0.4) is 0 Å². The minimum absolute atomic E-state index is 0.194. The summed E-state index contributed by atoms with van der Waals surface area (Å²) < 4.78 is 31.2. The number of rotatable bonds is 7. The van der Waals surface area contributed by atoms with Gasteiger partial charge in [0.2, 0.25) is 10.0 Å². The molecule has 1 aromatic rings. The van der Waals surface area contributed by atoms with Crippen molar-refractivity contribution in [2.45, 2.75) is 31.6 Å². The SMILES string of the molecule is CCCCN(C)S(=O)(=O)c1ccc(OCC)c(Cl)c1. The predicted octanol–water partition coefficient (Wildman–Crippen LogP) is 3.16. The third-order valence-corrected chi connectivity index (χ3v) is 4.89. The fraction of sp³-hybridized carbons (Fsp3) is 0.538. The van der Waals surface area contributed by atoms with Gasteiger partial charge in [-0.05, 0) is 31.5 Å². The van der Waals surface area contributed by atoms with Gasteiger partial charge in [-0.1, -0.05) is 24.9 Å². The summed E-state index contributed by atoms with van der Waals surface area (Å²) in [7, 11) is -1.89. The Hall–Kier alpha value is -0.780. The van der Waals surface area contributed by atoms with Crippen molar-refractivity contribution in [1.29, 1.82) is 0 Å². The molecule has 0 amide bonds. The van der Waals surface area contributed by atoms with E-state index in [1.807, 2.05) is 13.8 Å². The Morgan fingerprint density at radius 2 is 2.00 bits per heavy atom. The maximum Gasteiger partial charge on any atom is 0.242 e. The number of ether oxygens (including phenoxy) is 1. The highest BCUT2D eigenvalue weighted by molar-refractivity contribution is 7.89. The molecular formula is C13H20ClNO3S. The lowest BCUT2D eigenvalue weighted by Crippen LogP contribution is -2.27. The van der Waals surface area contributed by atoms with Crippen LogP contribution in [0.15, 0.2) is 23.1 Å². The molecule has 108 valence electrons. The average Bonchev–Trinajstić information content (AvgIpc) is 2.38. The van der Waals surface area contributed by atoms with E-state index in [2.05, 4.69) is 0 Å². The number of sulfonamides is 1. The van der Waals surface area contributed by atoms with E-state index in [4.69, 9.17) is 16.3 Å². The Morgan fingerprint density at radius 1 is 1.32 bits per heavy atom. The summed E-state index contributed by atoms with van der Waals surface area (Å²) in [5.41, 5.74) is 0.